The summed E-state index contributed by atoms with van der Waals surface area (Å²) in [6.07, 6.45) is 0. The van der Waals surface area contributed by atoms with E-state index in [0.29, 0.717) is 17.1 Å². The van der Waals surface area contributed by atoms with Crippen molar-refractivity contribution < 1.29 is 13.2 Å². The SMILES string of the molecule is O=C(Nc1ccccc1)Nc1cccc(NS(=O)(=O)c2ccccc2)c1. The van der Waals surface area contributed by atoms with Gasteiger partial charge < -0.3 is 10.6 Å². The summed E-state index contributed by atoms with van der Waals surface area (Å²) < 4.78 is 27.2. The minimum atomic E-state index is -3.69. The zero-order valence-corrected chi connectivity index (χ0v) is 14.5. The summed E-state index contributed by atoms with van der Waals surface area (Å²) in [5.74, 6) is 0. The maximum atomic E-state index is 12.4. The third-order valence-corrected chi connectivity index (χ3v) is 4.86. The van der Waals surface area contributed by atoms with E-state index in [0.717, 1.165) is 0 Å². The molecule has 0 radical (unpaired) electrons. The summed E-state index contributed by atoms with van der Waals surface area (Å²) in [5, 5.41) is 5.37. The summed E-state index contributed by atoms with van der Waals surface area (Å²) in [4.78, 5) is 12.2. The predicted molar refractivity (Wildman–Crippen MR) is 103 cm³/mol. The number of urea groups is 1. The summed E-state index contributed by atoms with van der Waals surface area (Å²) >= 11 is 0. The van der Waals surface area contributed by atoms with Crippen molar-refractivity contribution in [1.82, 2.24) is 0 Å². The van der Waals surface area contributed by atoms with Crippen LogP contribution in [0.5, 0.6) is 0 Å². The van der Waals surface area contributed by atoms with Crippen molar-refractivity contribution in [3.8, 4) is 0 Å². The topological polar surface area (TPSA) is 87.3 Å². The third-order valence-electron chi connectivity index (χ3n) is 3.46. The summed E-state index contributed by atoms with van der Waals surface area (Å²) in [6.45, 7) is 0. The molecular weight excluding hydrogens is 350 g/mol. The molecule has 3 N–H and O–H groups in total. The summed E-state index contributed by atoms with van der Waals surface area (Å²) in [6, 6.07) is 23.2. The van der Waals surface area contributed by atoms with E-state index in [9.17, 15) is 13.2 Å². The zero-order valence-electron chi connectivity index (χ0n) is 13.7. The smallest absolute Gasteiger partial charge is 0.308 e. The average molecular weight is 367 g/mol. The van der Waals surface area contributed by atoms with Crippen LogP contribution in [0.15, 0.2) is 89.8 Å². The first-order valence-electron chi connectivity index (χ1n) is 7.84. The van der Waals surface area contributed by atoms with Crippen LogP contribution in [0.4, 0.5) is 21.9 Å². The molecule has 0 saturated carbocycles. The minimum absolute atomic E-state index is 0.167. The van der Waals surface area contributed by atoms with E-state index in [1.165, 1.54) is 12.1 Å². The lowest BCUT2D eigenvalue weighted by Crippen LogP contribution is -2.19. The van der Waals surface area contributed by atoms with Gasteiger partial charge in [0.05, 0.1) is 10.6 Å². The average Bonchev–Trinajstić information content (AvgIpc) is 2.63. The highest BCUT2D eigenvalue weighted by atomic mass is 32.2. The molecule has 0 saturated heterocycles. The van der Waals surface area contributed by atoms with Crippen LogP contribution in [0.2, 0.25) is 0 Å². The molecule has 0 unspecified atom stereocenters. The minimum Gasteiger partial charge on any atom is -0.308 e. The van der Waals surface area contributed by atoms with E-state index in [4.69, 9.17) is 0 Å². The standard InChI is InChI=1S/C19H17N3O3S/c23-19(20-15-8-3-1-4-9-15)21-16-10-7-11-17(14-16)22-26(24,25)18-12-5-2-6-13-18/h1-14,22H,(H2,20,21,23). The van der Waals surface area contributed by atoms with Gasteiger partial charge in [-0.1, -0.05) is 42.5 Å². The van der Waals surface area contributed by atoms with Gasteiger partial charge in [-0.15, -0.1) is 0 Å². The Bertz CT molecular complexity index is 991. The van der Waals surface area contributed by atoms with Gasteiger partial charge in [0.2, 0.25) is 0 Å². The number of hydrogen-bond acceptors (Lipinski definition) is 3. The number of amides is 2. The van der Waals surface area contributed by atoms with Crippen molar-refractivity contribution in [3.05, 3.63) is 84.9 Å². The molecule has 3 aromatic carbocycles. The van der Waals surface area contributed by atoms with Crippen LogP contribution in [0.1, 0.15) is 0 Å². The maximum absolute atomic E-state index is 12.4. The van der Waals surface area contributed by atoms with E-state index in [-0.39, 0.29) is 4.90 Å². The number of benzene rings is 3. The van der Waals surface area contributed by atoms with E-state index in [1.54, 1.807) is 54.6 Å². The van der Waals surface area contributed by atoms with Crippen molar-refractivity contribution in [2.24, 2.45) is 0 Å². The van der Waals surface area contributed by atoms with Crippen LogP contribution < -0.4 is 15.4 Å². The fourth-order valence-corrected chi connectivity index (χ4v) is 3.36. The molecule has 0 aliphatic rings. The van der Waals surface area contributed by atoms with Crippen molar-refractivity contribution in [1.29, 1.82) is 0 Å². The quantitative estimate of drug-likeness (QED) is 0.633. The molecule has 7 heteroatoms. The van der Waals surface area contributed by atoms with Crippen LogP contribution in [0.3, 0.4) is 0 Å². The van der Waals surface area contributed by atoms with Gasteiger partial charge in [-0.3, -0.25) is 4.72 Å². The van der Waals surface area contributed by atoms with Crippen LogP contribution in [0.25, 0.3) is 0 Å². The number of hydrogen-bond donors (Lipinski definition) is 3. The van der Waals surface area contributed by atoms with Gasteiger partial charge >= 0.3 is 6.03 Å². The van der Waals surface area contributed by atoms with Crippen LogP contribution >= 0.6 is 0 Å². The molecule has 0 bridgehead atoms. The Morgan fingerprint density at radius 2 is 1.19 bits per heavy atom. The van der Waals surface area contributed by atoms with Gasteiger partial charge in [0, 0.05) is 11.4 Å². The molecule has 3 rings (SSSR count). The molecule has 3 aromatic rings. The molecule has 0 fully saturated rings. The first kappa shape index (κ1) is 17.5. The highest BCUT2D eigenvalue weighted by Gasteiger charge is 2.13. The Morgan fingerprint density at radius 1 is 0.654 bits per heavy atom. The van der Waals surface area contributed by atoms with Crippen molar-refractivity contribution in [3.63, 3.8) is 0 Å². The van der Waals surface area contributed by atoms with Crippen molar-refractivity contribution in [2.75, 3.05) is 15.4 Å². The third kappa shape index (κ3) is 4.61. The Labute approximate surface area is 151 Å². The van der Waals surface area contributed by atoms with Crippen LogP contribution in [0, 0.1) is 0 Å². The highest BCUT2D eigenvalue weighted by Crippen LogP contribution is 2.19. The predicted octanol–water partition coefficient (Wildman–Crippen LogP) is 4.13. The van der Waals surface area contributed by atoms with Crippen LogP contribution in [-0.2, 0) is 10.0 Å². The Kier molecular flexibility index (Phi) is 5.19. The molecule has 0 aromatic heterocycles. The molecule has 6 nitrogen and oxygen atoms in total. The first-order valence-corrected chi connectivity index (χ1v) is 9.32. The molecule has 0 spiro atoms. The summed E-state index contributed by atoms with van der Waals surface area (Å²) in [5.41, 5.74) is 1.48. The largest absolute Gasteiger partial charge is 0.323 e. The van der Waals surface area contributed by atoms with Gasteiger partial charge in [0.1, 0.15) is 0 Å². The van der Waals surface area contributed by atoms with Gasteiger partial charge in [-0.05, 0) is 42.5 Å². The lowest BCUT2D eigenvalue weighted by Gasteiger charge is -2.11. The number of nitrogens with one attached hydrogen (secondary N) is 3. The van der Waals surface area contributed by atoms with Crippen molar-refractivity contribution in [2.45, 2.75) is 4.90 Å². The molecule has 26 heavy (non-hydrogen) atoms. The Balaban J connectivity index is 1.69. The molecule has 0 aliphatic carbocycles. The fraction of sp³-hybridized carbons (Fsp3) is 0. The summed E-state index contributed by atoms with van der Waals surface area (Å²) in [7, 11) is -3.69. The second kappa shape index (κ2) is 7.71. The molecule has 132 valence electrons. The van der Waals surface area contributed by atoms with E-state index >= 15 is 0 Å². The second-order valence-electron chi connectivity index (χ2n) is 5.44. The lowest BCUT2D eigenvalue weighted by molar-refractivity contribution is 0.262. The Morgan fingerprint density at radius 3 is 1.88 bits per heavy atom. The molecule has 0 atom stereocenters. The lowest BCUT2D eigenvalue weighted by atomic mass is 10.3. The van der Waals surface area contributed by atoms with Gasteiger partial charge in [-0.25, -0.2) is 13.2 Å². The molecule has 0 aliphatic heterocycles. The molecule has 0 heterocycles. The number of carbonyl (C=O) groups is 1. The second-order valence-corrected chi connectivity index (χ2v) is 7.13. The number of anilines is 3. The first-order chi connectivity index (χ1) is 12.5. The fourth-order valence-electron chi connectivity index (χ4n) is 2.29. The van der Waals surface area contributed by atoms with Gasteiger partial charge in [0.15, 0.2) is 0 Å². The monoisotopic (exact) mass is 367 g/mol. The Hall–Kier alpha value is -3.32. The van der Waals surface area contributed by atoms with Gasteiger partial charge in [-0.2, -0.15) is 0 Å². The van der Waals surface area contributed by atoms with Gasteiger partial charge in [0.25, 0.3) is 10.0 Å². The van der Waals surface area contributed by atoms with E-state index in [2.05, 4.69) is 15.4 Å². The van der Waals surface area contributed by atoms with Crippen molar-refractivity contribution >= 4 is 33.1 Å². The molecular formula is C19H17N3O3S. The van der Waals surface area contributed by atoms with E-state index < -0.39 is 16.1 Å². The van der Waals surface area contributed by atoms with Crippen LogP contribution in [-0.4, -0.2) is 14.4 Å². The highest BCUT2D eigenvalue weighted by molar-refractivity contribution is 7.92. The number of sulfonamides is 1. The molecule has 2 amide bonds. The number of rotatable bonds is 5. The van der Waals surface area contributed by atoms with E-state index in [1.807, 2.05) is 18.2 Å². The zero-order chi connectivity index (χ0) is 18.4. The normalized spacial score (nSPS) is 10.8. The number of carbonyl (C=O) groups excluding carboxylic acids is 1. The maximum Gasteiger partial charge on any atom is 0.323 e. The number of para-hydroxylation sites is 1.